The molecule has 0 aliphatic rings. The summed E-state index contributed by atoms with van der Waals surface area (Å²) in [6.45, 7) is 5.41. The van der Waals surface area contributed by atoms with Gasteiger partial charge < -0.3 is 5.32 Å². The van der Waals surface area contributed by atoms with Crippen LogP contribution in [0, 0.1) is 0 Å². The third kappa shape index (κ3) is 7.11. The van der Waals surface area contributed by atoms with E-state index in [4.69, 9.17) is 0 Å². The highest BCUT2D eigenvalue weighted by Crippen LogP contribution is 2.07. The van der Waals surface area contributed by atoms with Crippen molar-refractivity contribution in [2.45, 2.75) is 65.0 Å². The van der Waals surface area contributed by atoms with E-state index in [2.05, 4.69) is 30.2 Å². The molecule has 1 aromatic heterocycles. The quantitative estimate of drug-likeness (QED) is 0.655. The Balaban J connectivity index is 2.03. The molecule has 0 saturated carbocycles. The van der Waals surface area contributed by atoms with Crippen LogP contribution in [0.4, 0.5) is 0 Å². The Morgan fingerprint density at radius 2 is 2.00 bits per heavy atom. The number of hydrogen-bond acceptors (Lipinski definition) is 2. The van der Waals surface area contributed by atoms with Gasteiger partial charge in [-0.1, -0.05) is 45.1 Å². The second-order valence-electron chi connectivity index (χ2n) is 4.81. The minimum absolute atomic E-state index is 0.596. The molecule has 0 aliphatic heterocycles. The molecule has 0 radical (unpaired) electrons. The molecular formula is C15H26N2. The molecule has 1 N–H and O–H groups in total. The van der Waals surface area contributed by atoms with E-state index in [9.17, 15) is 0 Å². The Bertz CT molecular complexity index is 272. The van der Waals surface area contributed by atoms with E-state index in [-0.39, 0.29) is 0 Å². The van der Waals surface area contributed by atoms with Gasteiger partial charge in [-0.3, -0.25) is 4.98 Å². The largest absolute Gasteiger partial charge is 0.309 e. The summed E-state index contributed by atoms with van der Waals surface area (Å²) in [7, 11) is 0. The van der Waals surface area contributed by atoms with Crippen LogP contribution in [-0.2, 0) is 6.54 Å². The van der Waals surface area contributed by atoms with Crippen LogP contribution in [0.3, 0.4) is 0 Å². The molecule has 0 amide bonds. The Labute approximate surface area is 106 Å². The fourth-order valence-corrected chi connectivity index (χ4v) is 1.94. The zero-order valence-corrected chi connectivity index (χ0v) is 11.3. The van der Waals surface area contributed by atoms with Crippen LogP contribution in [0.25, 0.3) is 0 Å². The van der Waals surface area contributed by atoms with Crippen molar-refractivity contribution in [3.05, 3.63) is 30.1 Å². The van der Waals surface area contributed by atoms with Crippen LogP contribution in [0.2, 0.25) is 0 Å². The van der Waals surface area contributed by atoms with Crippen molar-refractivity contribution >= 4 is 0 Å². The van der Waals surface area contributed by atoms with Crippen molar-refractivity contribution in [3.63, 3.8) is 0 Å². The van der Waals surface area contributed by atoms with Crippen molar-refractivity contribution in [2.24, 2.45) is 0 Å². The second-order valence-corrected chi connectivity index (χ2v) is 4.81. The minimum atomic E-state index is 0.596. The highest BCUT2D eigenvalue weighted by Gasteiger charge is 2.01. The van der Waals surface area contributed by atoms with Crippen LogP contribution < -0.4 is 5.32 Å². The average Bonchev–Trinajstić information content (AvgIpc) is 2.37. The molecule has 1 unspecified atom stereocenters. The first-order chi connectivity index (χ1) is 8.33. The number of nitrogens with zero attached hydrogens (tertiary/aromatic N) is 1. The fraction of sp³-hybridized carbons (Fsp3) is 0.667. The Morgan fingerprint density at radius 1 is 1.18 bits per heavy atom. The minimum Gasteiger partial charge on any atom is -0.309 e. The summed E-state index contributed by atoms with van der Waals surface area (Å²) >= 11 is 0. The van der Waals surface area contributed by atoms with Crippen molar-refractivity contribution < 1.29 is 0 Å². The molecule has 2 nitrogen and oxygen atoms in total. The third-order valence-corrected chi connectivity index (χ3v) is 3.10. The number of aromatic nitrogens is 1. The molecule has 0 saturated heterocycles. The molecule has 96 valence electrons. The maximum Gasteiger partial charge on any atom is 0.0541 e. The molecule has 0 spiro atoms. The van der Waals surface area contributed by atoms with E-state index in [1.165, 1.54) is 38.5 Å². The first-order valence-corrected chi connectivity index (χ1v) is 6.96. The molecule has 1 aromatic rings. The maximum absolute atomic E-state index is 4.31. The third-order valence-electron chi connectivity index (χ3n) is 3.10. The normalized spacial score (nSPS) is 12.6. The topological polar surface area (TPSA) is 24.9 Å². The molecule has 17 heavy (non-hydrogen) atoms. The molecule has 0 aliphatic carbocycles. The SMILES string of the molecule is CCCCCCCC(C)NCc1ccccn1. The Kier molecular flexibility index (Phi) is 7.65. The van der Waals surface area contributed by atoms with Crippen LogP contribution in [0.1, 0.15) is 58.1 Å². The molecule has 2 heteroatoms. The monoisotopic (exact) mass is 234 g/mol. The second kappa shape index (κ2) is 9.17. The first-order valence-electron chi connectivity index (χ1n) is 6.96. The molecular weight excluding hydrogens is 208 g/mol. The van der Waals surface area contributed by atoms with Gasteiger partial charge in [0.2, 0.25) is 0 Å². The molecule has 0 fully saturated rings. The summed E-state index contributed by atoms with van der Waals surface area (Å²) in [5.41, 5.74) is 1.13. The van der Waals surface area contributed by atoms with Crippen molar-refractivity contribution in [2.75, 3.05) is 0 Å². The van der Waals surface area contributed by atoms with E-state index in [1.807, 2.05) is 18.3 Å². The first kappa shape index (κ1) is 14.2. The van der Waals surface area contributed by atoms with Crippen LogP contribution >= 0.6 is 0 Å². The van der Waals surface area contributed by atoms with Gasteiger partial charge in [-0.15, -0.1) is 0 Å². The van der Waals surface area contributed by atoms with Crippen molar-refractivity contribution in [1.29, 1.82) is 0 Å². The Hall–Kier alpha value is -0.890. The number of unbranched alkanes of at least 4 members (excludes halogenated alkanes) is 4. The van der Waals surface area contributed by atoms with Gasteiger partial charge in [0.1, 0.15) is 0 Å². The Morgan fingerprint density at radius 3 is 2.71 bits per heavy atom. The summed E-state index contributed by atoms with van der Waals surface area (Å²) in [4.78, 5) is 4.31. The summed E-state index contributed by atoms with van der Waals surface area (Å²) in [6, 6.07) is 6.67. The zero-order chi connectivity index (χ0) is 12.3. The number of pyridine rings is 1. The van der Waals surface area contributed by atoms with Gasteiger partial charge >= 0.3 is 0 Å². The van der Waals surface area contributed by atoms with Gasteiger partial charge in [0.15, 0.2) is 0 Å². The van der Waals surface area contributed by atoms with Gasteiger partial charge in [0.25, 0.3) is 0 Å². The smallest absolute Gasteiger partial charge is 0.0541 e. The molecule has 0 bridgehead atoms. The van der Waals surface area contributed by atoms with Crippen LogP contribution in [0.15, 0.2) is 24.4 Å². The number of hydrogen-bond donors (Lipinski definition) is 1. The van der Waals surface area contributed by atoms with Gasteiger partial charge in [0.05, 0.1) is 5.69 Å². The highest BCUT2D eigenvalue weighted by molar-refractivity contribution is 5.02. The fourth-order valence-electron chi connectivity index (χ4n) is 1.94. The van der Waals surface area contributed by atoms with Crippen LogP contribution in [0.5, 0.6) is 0 Å². The standard InChI is InChI=1S/C15H26N2/c1-3-4-5-6-7-10-14(2)17-13-15-11-8-9-12-16-15/h8-9,11-12,14,17H,3-7,10,13H2,1-2H3. The lowest BCUT2D eigenvalue weighted by molar-refractivity contribution is 0.477. The molecule has 1 rings (SSSR count). The van der Waals surface area contributed by atoms with Crippen LogP contribution in [-0.4, -0.2) is 11.0 Å². The van der Waals surface area contributed by atoms with Gasteiger partial charge in [0, 0.05) is 18.8 Å². The van der Waals surface area contributed by atoms with Gasteiger partial charge in [-0.05, 0) is 25.5 Å². The van der Waals surface area contributed by atoms with Gasteiger partial charge in [-0.2, -0.15) is 0 Å². The summed E-state index contributed by atoms with van der Waals surface area (Å²) in [5, 5.41) is 3.53. The summed E-state index contributed by atoms with van der Waals surface area (Å²) in [5.74, 6) is 0. The van der Waals surface area contributed by atoms with Crippen molar-refractivity contribution in [1.82, 2.24) is 10.3 Å². The van der Waals surface area contributed by atoms with Crippen molar-refractivity contribution in [3.8, 4) is 0 Å². The predicted octanol–water partition coefficient (Wildman–Crippen LogP) is 3.92. The highest BCUT2D eigenvalue weighted by atomic mass is 14.9. The number of rotatable bonds is 9. The number of nitrogens with one attached hydrogen (secondary N) is 1. The predicted molar refractivity (Wildman–Crippen MR) is 73.9 cm³/mol. The molecule has 1 heterocycles. The zero-order valence-electron chi connectivity index (χ0n) is 11.3. The maximum atomic E-state index is 4.31. The molecule has 0 aromatic carbocycles. The van der Waals surface area contributed by atoms with E-state index in [1.54, 1.807) is 0 Å². The van der Waals surface area contributed by atoms with E-state index >= 15 is 0 Å². The summed E-state index contributed by atoms with van der Waals surface area (Å²) < 4.78 is 0. The van der Waals surface area contributed by atoms with Gasteiger partial charge in [-0.25, -0.2) is 0 Å². The lowest BCUT2D eigenvalue weighted by Crippen LogP contribution is -2.25. The molecule has 1 atom stereocenters. The average molecular weight is 234 g/mol. The van der Waals surface area contributed by atoms with E-state index in [0.717, 1.165) is 12.2 Å². The lowest BCUT2D eigenvalue weighted by Gasteiger charge is -2.13. The lowest BCUT2D eigenvalue weighted by atomic mass is 10.1. The summed E-state index contributed by atoms with van der Waals surface area (Å²) in [6.07, 6.45) is 9.95. The van der Waals surface area contributed by atoms with E-state index in [0.29, 0.717) is 6.04 Å². The van der Waals surface area contributed by atoms with E-state index < -0.39 is 0 Å².